The van der Waals surface area contributed by atoms with Crippen LogP contribution in [0.4, 0.5) is 24.5 Å². The summed E-state index contributed by atoms with van der Waals surface area (Å²) in [4.78, 5) is 16.2. The molecule has 0 saturated carbocycles. The zero-order valence-corrected chi connectivity index (χ0v) is 13.5. The Bertz CT molecular complexity index is 747. The predicted octanol–water partition coefficient (Wildman–Crippen LogP) is 2.86. The smallest absolute Gasteiger partial charge is 0.238 e. The number of para-hydroxylation sites is 1. The van der Waals surface area contributed by atoms with Crippen LogP contribution in [0.3, 0.4) is 0 Å². The van der Waals surface area contributed by atoms with Crippen LogP contribution >= 0.6 is 0 Å². The van der Waals surface area contributed by atoms with Crippen LogP contribution in [-0.2, 0) is 4.79 Å². The molecule has 1 aliphatic heterocycles. The summed E-state index contributed by atoms with van der Waals surface area (Å²) in [6.45, 7) is 2.99. The molecule has 0 aliphatic carbocycles. The van der Waals surface area contributed by atoms with Crippen molar-refractivity contribution in [3.8, 4) is 0 Å². The van der Waals surface area contributed by atoms with Crippen molar-refractivity contribution in [2.24, 2.45) is 0 Å². The van der Waals surface area contributed by atoms with Crippen molar-refractivity contribution in [1.82, 2.24) is 4.90 Å². The maximum atomic E-state index is 13.6. The average molecular weight is 349 g/mol. The summed E-state index contributed by atoms with van der Waals surface area (Å²) in [5.41, 5.74) is 0.780. The molecule has 1 heterocycles. The Morgan fingerprint density at radius 2 is 1.60 bits per heavy atom. The SMILES string of the molecule is O=C(CN1CCN(c2ccccc2)CC1)Nc1ccc(F)c(F)c1F. The predicted molar refractivity (Wildman–Crippen MR) is 90.0 cm³/mol. The summed E-state index contributed by atoms with van der Waals surface area (Å²) in [5.74, 6) is -4.72. The lowest BCUT2D eigenvalue weighted by Crippen LogP contribution is -2.48. The molecular formula is C18H18F3N3O. The average Bonchev–Trinajstić information content (AvgIpc) is 2.63. The van der Waals surface area contributed by atoms with Crippen molar-refractivity contribution >= 4 is 17.3 Å². The second-order valence-corrected chi connectivity index (χ2v) is 5.87. The summed E-state index contributed by atoms with van der Waals surface area (Å²) >= 11 is 0. The zero-order chi connectivity index (χ0) is 17.8. The summed E-state index contributed by atoms with van der Waals surface area (Å²) in [6.07, 6.45) is 0. The van der Waals surface area contributed by atoms with Crippen LogP contribution in [-0.4, -0.2) is 43.5 Å². The molecule has 1 N–H and O–H groups in total. The highest BCUT2D eigenvalue weighted by atomic mass is 19.2. The molecule has 0 bridgehead atoms. The molecule has 1 fully saturated rings. The van der Waals surface area contributed by atoms with Gasteiger partial charge in [0.2, 0.25) is 5.91 Å². The number of piperazine rings is 1. The molecule has 2 aromatic rings. The van der Waals surface area contributed by atoms with Gasteiger partial charge < -0.3 is 10.2 Å². The third-order valence-corrected chi connectivity index (χ3v) is 4.17. The Morgan fingerprint density at radius 3 is 2.28 bits per heavy atom. The number of amides is 1. The van der Waals surface area contributed by atoms with Gasteiger partial charge in [-0.2, -0.15) is 0 Å². The molecule has 0 spiro atoms. The molecule has 1 amide bonds. The molecule has 0 radical (unpaired) electrons. The lowest BCUT2D eigenvalue weighted by Gasteiger charge is -2.35. The van der Waals surface area contributed by atoms with Crippen LogP contribution in [0.5, 0.6) is 0 Å². The number of benzene rings is 2. The van der Waals surface area contributed by atoms with Crippen molar-refractivity contribution in [3.05, 3.63) is 59.9 Å². The minimum absolute atomic E-state index is 0.0705. The number of carbonyl (C=O) groups is 1. The molecule has 4 nitrogen and oxygen atoms in total. The Kier molecular flexibility index (Phi) is 5.23. The second-order valence-electron chi connectivity index (χ2n) is 5.87. The second kappa shape index (κ2) is 7.57. The minimum atomic E-state index is -1.59. The topological polar surface area (TPSA) is 35.6 Å². The molecule has 25 heavy (non-hydrogen) atoms. The Hall–Kier alpha value is -2.54. The molecule has 3 rings (SSSR count). The van der Waals surface area contributed by atoms with Crippen LogP contribution < -0.4 is 10.2 Å². The van der Waals surface area contributed by atoms with E-state index in [1.165, 1.54) is 0 Å². The summed E-state index contributed by atoms with van der Waals surface area (Å²) < 4.78 is 39.7. The number of nitrogens with one attached hydrogen (secondary N) is 1. The molecule has 1 saturated heterocycles. The van der Waals surface area contributed by atoms with Crippen LogP contribution in [0.2, 0.25) is 0 Å². The van der Waals surface area contributed by atoms with Gasteiger partial charge in [-0.15, -0.1) is 0 Å². The highest BCUT2D eigenvalue weighted by molar-refractivity contribution is 5.92. The van der Waals surface area contributed by atoms with Gasteiger partial charge in [-0.05, 0) is 24.3 Å². The van der Waals surface area contributed by atoms with E-state index in [-0.39, 0.29) is 12.2 Å². The van der Waals surface area contributed by atoms with Crippen molar-refractivity contribution in [2.75, 3.05) is 42.9 Å². The summed E-state index contributed by atoms with van der Waals surface area (Å²) in [5, 5.41) is 2.29. The molecular weight excluding hydrogens is 331 g/mol. The van der Waals surface area contributed by atoms with Crippen LogP contribution in [0.1, 0.15) is 0 Å². The van der Waals surface area contributed by atoms with E-state index in [4.69, 9.17) is 0 Å². The monoisotopic (exact) mass is 349 g/mol. The fourth-order valence-electron chi connectivity index (χ4n) is 2.82. The third kappa shape index (κ3) is 4.11. The Morgan fingerprint density at radius 1 is 0.920 bits per heavy atom. The van der Waals surface area contributed by atoms with Crippen LogP contribution in [0.15, 0.2) is 42.5 Å². The summed E-state index contributed by atoms with van der Waals surface area (Å²) in [6, 6.07) is 11.8. The molecule has 0 unspecified atom stereocenters. The third-order valence-electron chi connectivity index (χ3n) is 4.17. The van der Waals surface area contributed by atoms with Crippen molar-refractivity contribution in [2.45, 2.75) is 0 Å². The molecule has 0 atom stereocenters. The Balaban J connectivity index is 1.52. The largest absolute Gasteiger partial charge is 0.369 e. The maximum absolute atomic E-state index is 13.6. The van der Waals surface area contributed by atoms with E-state index in [2.05, 4.69) is 10.2 Å². The molecule has 1 aliphatic rings. The van der Waals surface area contributed by atoms with Crippen LogP contribution in [0, 0.1) is 17.5 Å². The number of halogens is 3. The van der Waals surface area contributed by atoms with E-state index in [0.29, 0.717) is 13.1 Å². The fourth-order valence-corrected chi connectivity index (χ4v) is 2.82. The van der Waals surface area contributed by atoms with Crippen molar-refractivity contribution < 1.29 is 18.0 Å². The first kappa shape index (κ1) is 17.3. The lowest BCUT2D eigenvalue weighted by molar-refractivity contribution is -0.117. The van der Waals surface area contributed by atoms with Gasteiger partial charge >= 0.3 is 0 Å². The van der Waals surface area contributed by atoms with Gasteiger partial charge in [0, 0.05) is 31.9 Å². The first-order valence-corrected chi connectivity index (χ1v) is 8.00. The highest BCUT2D eigenvalue weighted by Gasteiger charge is 2.20. The van der Waals surface area contributed by atoms with Gasteiger partial charge in [0.25, 0.3) is 0 Å². The number of anilines is 2. The quantitative estimate of drug-likeness (QED) is 0.863. The molecule has 132 valence electrons. The molecule has 7 heteroatoms. The number of rotatable bonds is 4. The lowest BCUT2D eigenvalue weighted by atomic mass is 10.2. The van der Waals surface area contributed by atoms with E-state index in [9.17, 15) is 18.0 Å². The minimum Gasteiger partial charge on any atom is -0.369 e. The van der Waals surface area contributed by atoms with E-state index in [1.807, 2.05) is 35.2 Å². The number of nitrogens with zero attached hydrogens (tertiary/aromatic N) is 2. The number of hydrogen-bond donors (Lipinski definition) is 1. The number of hydrogen-bond acceptors (Lipinski definition) is 3. The van der Waals surface area contributed by atoms with E-state index < -0.39 is 23.4 Å². The van der Waals surface area contributed by atoms with E-state index in [1.54, 1.807) is 0 Å². The molecule has 0 aromatic heterocycles. The fraction of sp³-hybridized carbons (Fsp3) is 0.278. The first-order valence-electron chi connectivity index (χ1n) is 8.00. The first-order chi connectivity index (χ1) is 12.0. The van der Waals surface area contributed by atoms with Gasteiger partial charge in [0.15, 0.2) is 17.5 Å². The van der Waals surface area contributed by atoms with Gasteiger partial charge in [-0.3, -0.25) is 9.69 Å². The van der Waals surface area contributed by atoms with Gasteiger partial charge in [0.05, 0.1) is 12.2 Å². The van der Waals surface area contributed by atoms with Gasteiger partial charge in [0.1, 0.15) is 0 Å². The highest BCUT2D eigenvalue weighted by Crippen LogP contribution is 2.20. The summed E-state index contributed by atoms with van der Waals surface area (Å²) in [7, 11) is 0. The maximum Gasteiger partial charge on any atom is 0.238 e. The molecule has 2 aromatic carbocycles. The van der Waals surface area contributed by atoms with Crippen molar-refractivity contribution in [1.29, 1.82) is 0 Å². The van der Waals surface area contributed by atoms with E-state index >= 15 is 0 Å². The standard InChI is InChI=1S/C18H18F3N3O/c19-14-6-7-15(18(21)17(14)20)22-16(25)12-23-8-10-24(11-9-23)13-4-2-1-3-5-13/h1-7H,8-12H2,(H,22,25). The van der Waals surface area contributed by atoms with Gasteiger partial charge in [-0.25, -0.2) is 13.2 Å². The Labute approximate surface area is 143 Å². The zero-order valence-electron chi connectivity index (χ0n) is 13.5. The van der Waals surface area contributed by atoms with Crippen LogP contribution in [0.25, 0.3) is 0 Å². The van der Waals surface area contributed by atoms with Gasteiger partial charge in [-0.1, -0.05) is 18.2 Å². The normalized spacial score (nSPS) is 15.2. The number of carbonyl (C=O) groups excluding carboxylic acids is 1. The van der Waals surface area contributed by atoms with Crippen molar-refractivity contribution in [3.63, 3.8) is 0 Å². The van der Waals surface area contributed by atoms with E-state index in [0.717, 1.165) is 30.9 Å².